The summed E-state index contributed by atoms with van der Waals surface area (Å²) in [6, 6.07) is 19.1. The summed E-state index contributed by atoms with van der Waals surface area (Å²) in [7, 11) is 0. The van der Waals surface area contributed by atoms with Crippen LogP contribution in [0, 0.1) is 0 Å². The second-order valence-corrected chi connectivity index (χ2v) is 8.89. The van der Waals surface area contributed by atoms with E-state index < -0.39 is 0 Å². The number of rotatable bonds is 8. The molecule has 3 aromatic heterocycles. The summed E-state index contributed by atoms with van der Waals surface area (Å²) in [5, 5.41) is 13.1. The van der Waals surface area contributed by atoms with Gasteiger partial charge in [-0.1, -0.05) is 36.0 Å². The van der Waals surface area contributed by atoms with Crippen LogP contribution in [0.3, 0.4) is 0 Å². The molecule has 0 aliphatic rings. The Morgan fingerprint density at radius 1 is 1.09 bits per heavy atom. The Bertz CT molecular complexity index is 1430. The predicted molar refractivity (Wildman–Crippen MR) is 131 cm³/mol. The molecule has 2 aromatic carbocycles. The highest BCUT2D eigenvalue weighted by Gasteiger charge is 2.18. The van der Waals surface area contributed by atoms with Crippen molar-refractivity contribution in [2.24, 2.45) is 0 Å². The number of thioether (sulfide) groups is 1. The molecule has 5 rings (SSSR count). The number of para-hydroxylation sites is 1. The Morgan fingerprint density at radius 3 is 2.68 bits per heavy atom. The minimum absolute atomic E-state index is 0.0995. The fourth-order valence-electron chi connectivity index (χ4n) is 3.56. The molecule has 5 aromatic rings. The van der Waals surface area contributed by atoms with Crippen LogP contribution in [0.4, 0.5) is 0 Å². The standard InChI is InChI=1S/C25H23N5O3S/c1-16(2)33-18-11-9-17(10-12-18)14-26-22(31)15-34-25-29-28-23-19-6-3-4-7-20(19)27-24(30(23)25)21-8-5-13-32-21/h3-13,16H,14-15H2,1-2H3,(H,26,31). The zero-order valence-electron chi connectivity index (χ0n) is 18.8. The van der Waals surface area contributed by atoms with Crippen LogP contribution in [-0.2, 0) is 11.3 Å². The third kappa shape index (κ3) is 4.60. The minimum Gasteiger partial charge on any atom is -0.491 e. The second-order valence-electron chi connectivity index (χ2n) is 7.95. The van der Waals surface area contributed by atoms with Gasteiger partial charge in [0.25, 0.3) is 0 Å². The van der Waals surface area contributed by atoms with Crippen LogP contribution in [-0.4, -0.2) is 37.3 Å². The molecule has 0 bridgehead atoms. The monoisotopic (exact) mass is 473 g/mol. The van der Waals surface area contributed by atoms with E-state index in [1.807, 2.05) is 78.9 Å². The zero-order valence-corrected chi connectivity index (χ0v) is 19.6. The summed E-state index contributed by atoms with van der Waals surface area (Å²) < 4.78 is 13.1. The van der Waals surface area contributed by atoms with Gasteiger partial charge in [-0.05, 0) is 55.8 Å². The molecule has 1 N–H and O–H groups in total. The van der Waals surface area contributed by atoms with Gasteiger partial charge in [0, 0.05) is 11.9 Å². The normalized spacial score (nSPS) is 11.4. The van der Waals surface area contributed by atoms with Crippen LogP contribution in [0.1, 0.15) is 19.4 Å². The molecule has 34 heavy (non-hydrogen) atoms. The fourth-order valence-corrected chi connectivity index (χ4v) is 4.33. The number of fused-ring (bicyclic) bond motifs is 3. The van der Waals surface area contributed by atoms with E-state index >= 15 is 0 Å². The first-order valence-electron chi connectivity index (χ1n) is 10.9. The molecule has 0 fully saturated rings. The average Bonchev–Trinajstić information content (AvgIpc) is 3.52. The van der Waals surface area contributed by atoms with Gasteiger partial charge in [0.15, 0.2) is 22.4 Å². The fraction of sp³-hybridized carbons (Fsp3) is 0.200. The van der Waals surface area contributed by atoms with Gasteiger partial charge in [-0.25, -0.2) is 4.98 Å². The molecular formula is C25H23N5O3S. The highest BCUT2D eigenvalue weighted by atomic mass is 32.2. The smallest absolute Gasteiger partial charge is 0.230 e. The molecule has 0 saturated heterocycles. The van der Waals surface area contributed by atoms with Crippen LogP contribution >= 0.6 is 11.8 Å². The SMILES string of the molecule is CC(C)Oc1ccc(CNC(=O)CSc2nnc3c4ccccc4nc(-c4ccco4)n23)cc1. The Balaban J connectivity index is 1.31. The Labute approximate surface area is 200 Å². The van der Waals surface area contributed by atoms with Gasteiger partial charge >= 0.3 is 0 Å². The zero-order chi connectivity index (χ0) is 23.5. The number of aromatic nitrogens is 4. The van der Waals surface area contributed by atoms with Gasteiger partial charge in [0.05, 0.1) is 23.6 Å². The largest absolute Gasteiger partial charge is 0.491 e. The minimum atomic E-state index is -0.0995. The number of ether oxygens (including phenoxy) is 1. The summed E-state index contributed by atoms with van der Waals surface area (Å²) in [5.41, 5.74) is 2.47. The molecule has 9 heteroatoms. The van der Waals surface area contributed by atoms with Crippen molar-refractivity contribution >= 4 is 34.2 Å². The van der Waals surface area contributed by atoms with E-state index in [-0.39, 0.29) is 17.8 Å². The van der Waals surface area contributed by atoms with Crippen molar-refractivity contribution in [1.82, 2.24) is 24.9 Å². The van der Waals surface area contributed by atoms with E-state index in [0.717, 1.165) is 22.2 Å². The van der Waals surface area contributed by atoms with Gasteiger partial charge in [0.1, 0.15) is 5.75 Å². The summed E-state index contributed by atoms with van der Waals surface area (Å²) in [6.45, 7) is 4.41. The Morgan fingerprint density at radius 2 is 1.91 bits per heavy atom. The lowest BCUT2D eigenvalue weighted by molar-refractivity contribution is -0.118. The lowest BCUT2D eigenvalue weighted by atomic mass is 10.2. The van der Waals surface area contributed by atoms with Crippen LogP contribution in [0.25, 0.3) is 28.1 Å². The number of furan rings is 1. The van der Waals surface area contributed by atoms with E-state index in [2.05, 4.69) is 15.5 Å². The molecule has 8 nitrogen and oxygen atoms in total. The number of nitrogens with zero attached hydrogens (tertiary/aromatic N) is 4. The van der Waals surface area contributed by atoms with Crippen molar-refractivity contribution in [3.05, 3.63) is 72.5 Å². The Kier molecular flexibility index (Phi) is 6.18. The summed E-state index contributed by atoms with van der Waals surface area (Å²) in [4.78, 5) is 17.3. The maximum Gasteiger partial charge on any atom is 0.230 e. The molecule has 0 spiro atoms. The molecule has 172 valence electrons. The van der Waals surface area contributed by atoms with Crippen molar-refractivity contribution in [3.8, 4) is 17.3 Å². The third-order valence-corrected chi connectivity index (χ3v) is 6.00. The molecule has 3 heterocycles. The molecule has 0 aliphatic carbocycles. The Hall–Kier alpha value is -3.85. The quantitative estimate of drug-likeness (QED) is 0.326. The molecular weight excluding hydrogens is 450 g/mol. The van der Waals surface area contributed by atoms with Gasteiger partial charge in [0.2, 0.25) is 5.91 Å². The third-order valence-electron chi connectivity index (χ3n) is 5.08. The molecule has 0 radical (unpaired) electrons. The van der Waals surface area contributed by atoms with Crippen molar-refractivity contribution in [1.29, 1.82) is 0 Å². The van der Waals surface area contributed by atoms with Crippen molar-refractivity contribution in [2.45, 2.75) is 31.7 Å². The van der Waals surface area contributed by atoms with Gasteiger partial charge in [-0.15, -0.1) is 10.2 Å². The van der Waals surface area contributed by atoms with Crippen LogP contribution in [0.5, 0.6) is 5.75 Å². The van der Waals surface area contributed by atoms with Gasteiger partial charge in [-0.2, -0.15) is 0 Å². The van der Waals surface area contributed by atoms with Crippen molar-refractivity contribution in [3.63, 3.8) is 0 Å². The van der Waals surface area contributed by atoms with Gasteiger partial charge in [-0.3, -0.25) is 9.20 Å². The van der Waals surface area contributed by atoms with E-state index in [9.17, 15) is 4.79 Å². The van der Waals surface area contributed by atoms with Crippen molar-refractivity contribution in [2.75, 3.05) is 5.75 Å². The number of carbonyl (C=O) groups excluding carboxylic acids is 1. The second kappa shape index (κ2) is 9.56. The molecule has 0 atom stereocenters. The van der Waals surface area contributed by atoms with E-state index in [0.29, 0.717) is 28.9 Å². The van der Waals surface area contributed by atoms with E-state index in [4.69, 9.17) is 14.1 Å². The van der Waals surface area contributed by atoms with E-state index in [1.165, 1.54) is 11.8 Å². The summed E-state index contributed by atoms with van der Waals surface area (Å²) in [5.74, 6) is 2.10. The number of hydrogen-bond donors (Lipinski definition) is 1. The highest BCUT2D eigenvalue weighted by molar-refractivity contribution is 7.99. The van der Waals surface area contributed by atoms with Crippen LogP contribution in [0.2, 0.25) is 0 Å². The lowest BCUT2D eigenvalue weighted by Gasteiger charge is -2.10. The maximum absolute atomic E-state index is 12.5. The maximum atomic E-state index is 12.5. The molecule has 1 amide bonds. The molecule has 0 aliphatic heterocycles. The summed E-state index contributed by atoms with van der Waals surface area (Å²) >= 11 is 1.30. The molecule has 0 unspecified atom stereocenters. The first-order chi connectivity index (χ1) is 16.6. The van der Waals surface area contributed by atoms with E-state index in [1.54, 1.807) is 6.26 Å². The first kappa shape index (κ1) is 22.0. The molecule has 0 saturated carbocycles. The average molecular weight is 474 g/mol. The number of benzene rings is 2. The predicted octanol–water partition coefficient (Wildman–Crippen LogP) is 4.73. The summed E-state index contributed by atoms with van der Waals surface area (Å²) in [6.07, 6.45) is 1.72. The van der Waals surface area contributed by atoms with Crippen molar-refractivity contribution < 1.29 is 13.9 Å². The first-order valence-corrected chi connectivity index (χ1v) is 11.9. The number of carbonyl (C=O) groups is 1. The van der Waals surface area contributed by atoms with Gasteiger partial charge < -0.3 is 14.5 Å². The van der Waals surface area contributed by atoms with Crippen LogP contribution in [0.15, 0.2) is 76.5 Å². The lowest BCUT2D eigenvalue weighted by Crippen LogP contribution is -2.24. The highest BCUT2D eigenvalue weighted by Crippen LogP contribution is 2.29. The number of hydrogen-bond acceptors (Lipinski definition) is 7. The topological polar surface area (TPSA) is 94.5 Å². The van der Waals surface area contributed by atoms with Crippen LogP contribution < -0.4 is 10.1 Å². The number of amides is 1. The number of nitrogens with one attached hydrogen (secondary N) is 1.